The van der Waals surface area contributed by atoms with Gasteiger partial charge < -0.3 is 15.4 Å². The van der Waals surface area contributed by atoms with Crippen LogP contribution in [0.5, 0.6) is 5.75 Å². The molecule has 7 heteroatoms. The lowest BCUT2D eigenvalue weighted by Crippen LogP contribution is -2.37. The summed E-state index contributed by atoms with van der Waals surface area (Å²) < 4.78 is 31.0. The topological polar surface area (TPSA) is 67.4 Å². The molecule has 0 aromatic heterocycles. The third-order valence-electron chi connectivity index (χ3n) is 3.97. The molecular weight excluding hydrogens is 318 g/mol. The molecule has 0 bridgehead atoms. The Bertz CT molecular complexity index is 575. The molecule has 1 saturated carbocycles. The van der Waals surface area contributed by atoms with E-state index in [-0.39, 0.29) is 24.8 Å². The van der Waals surface area contributed by atoms with Gasteiger partial charge in [-0.15, -0.1) is 0 Å². The average molecular weight is 340 g/mol. The standard InChI is InChI=1S/C17H22F2N2O3/c18-13-5-6-15(14(19)10-13)24-11-17(23)21-8-7-20-16(22)9-12-3-1-2-4-12/h5-6,10,12H,1-4,7-9,11H2,(H,20,22)(H,21,23). The number of hydrogen-bond donors (Lipinski definition) is 2. The van der Waals surface area contributed by atoms with Crippen LogP contribution in [-0.4, -0.2) is 31.5 Å². The molecular formula is C17H22F2N2O3. The summed E-state index contributed by atoms with van der Waals surface area (Å²) in [7, 11) is 0. The van der Waals surface area contributed by atoms with Gasteiger partial charge in [0.1, 0.15) is 5.82 Å². The molecule has 2 rings (SSSR count). The van der Waals surface area contributed by atoms with Crippen molar-refractivity contribution in [3.63, 3.8) is 0 Å². The van der Waals surface area contributed by atoms with Gasteiger partial charge >= 0.3 is 0 Å². The first kappa shape index (κ1) is 18.2. The molecule has 2 N–H and O–H groups in total. The predicted molar refractivity (Wildman–Crippen MR) is 84.4 cm³/mol. The highest BCUT2D eigenvalue weighted by Crippen LogP contribution is 2.27. The average Bonchev–Trinajstić information content (AvgIpc) is 3.03. The molecule has 1 aromatic rings. The Morgan fingerprint density at radius 3 is 2.42 bits per heavy atom. The number of nitrogens with one attached hydrogen (secondary N) is 2. The lowest BCUT2D eigenvalue weighted by Gasteiger charge is -2.11. The maximum Gasteiger partial charge on any atom is 0.258 e. The summed E-state index contributed by atoms with van der Waals surface area (Å²) in [6.45, 7) is 0.227. The van der Waals surface area contributed by atoms with Crippen LogP contribution in [0, 0.1) is 17.6 Å². The SMILES string of the molecule is O=C(COc1ccc(F)cc1F)NCCNC(=O)CC1CCCC1. The summed E-state index contributed by atoms with van der Waals surface area (Å²) in [5.74, 6) is -1.71. The van der Waals surface area contributed by atoms with Gasteiger partial charge in [0.15, 0.2) is 18.2 Å². The summed E-state index contributed by atoms with van der Waals surface area (Å²) in [5.41, 5.74) is 0. The van der Waals surface area contributed by atoms with Crippen molar-refractivity contribution in [1.82, 2.24) is 10.6 Å². The highest BCUT2D eigenvalue weighted by Gasteiger charge is 2.18. The van der Waals surface area contributed by atoms with Crippen molar-refractivity contribution in [2.24, 2.45) is 5.92 Å². The normalized spacial score (nSPS) is 14.4. The zero-order valence-electron chi connectivity index (χ0n) is 13.4. The molecule has 1 aromatic carbocycles. The fourth-order valence-electron chi connectivity index (χ4n) is 2.74. The smallest absolute Gasteiger partial charge is 0.258 e. The monoisotopic (exact) mass is 340 g/mol. The molecule has 0 heterocycles. The van der Waals surface area contributed by atoms with Crippen LogP contribution in [0.4, 0.5) is 8.78 Å². The van der Waals surface area contributed by atoms with Crippen LogP contribution in [0.3, 0.4) is 0 Å². The Morgan fingerprint density at radius 2 is 1.75 bits per heavy atom. The number of halogens is 2. The van der Waals surface area contributed by atoms with Crippen molar-refractivity contribution in [2.75, 3.05) is 19.7 Å². The van der Waals surface area contributed by atoms with Gasteiger partial charge in [-0.05, 0) is 30.9 Å². The minimum Gasteiger partial charge on any atom is -0.481 e. The molecule has 0 unspecified atom stereocenters. The van der Waals surface area contributed by atoms with E-state index in [1.54, 1.807) is 0 Å². The first-order valence-corrected chi connectivity index (χ1v) is 8.16. The number of carbonyl (C=O) groups is 2. The molecule has 1 fully saturated rings. The number of rotatable bonds is 8. The van der Waals surface area contributed by atoms with Crippen LogP contribution < -0.4 is 15.4 Å². The Balaban J connectivity index is 1.56. The Hall–Kier alpha value is -2.18. The third kappa shape index (κ3) is 6.14. The van der Waals surface area contributed by atoms with E-state index in [0.717, 1.165) is 25.0 Å². The Morgan fingerprint density at radius 1 is 1.08 bits per heavy atom. The van der Waals surface area contributed by atoms with Crippen LogP contribution in [0.15, 0.2) is 18.2 Å². The van der Waals surface area contributed by atoms with E-state index in [1.165, 1.54) is 12.8 Å². The third-order valence-corrected chi connectivity index (χ3v) is 3.97. The number of benzene rings is 1. The van der Waals surface area contributed by atoms with Crippen molar-refractivity contribution >= 4 is 11.8 Å². The quantitative estimate of drug-likeness (QED) is 0.713. The molecule has 132 valence electrons. The summed E-state index contributed by atoms with van der Waals surface area (Å²) in [5, 5.41) is 5.32. The van der Waals surface area contributed by atoms with Gasteiger partial charge in [0.25, 0.3) is 5.91 Å². The van der Waals surface area contributed by atoms with Gasteiger partial charge in [0.2, 0.25) is 5.91 Å². The van der Waals surface area contributed by atoms with Gasteiger partial charge in [-0.2, -0.15) is 0 Å². The molecule has 24 heavy (non-hydrogen) atoms. The molecule has 5 nitrogen and oxygen atoms in total. The van der Waals surface area contributed by atoms with Crippen LogP contribution >= 0.6 is 0 Å². The van der Waals surface area contributed by atoms with E-state index >= 15 is 0 Å². The molecule has 1 aliphatic rings. The largest absolute Gasteiger partial charge is 0.481 e. The van der Waals surface area contributed by atoms with Gasteiger partial charge in [0, 0.05) is 25.6 Å². The highest BCUT2D eigenvalue weighted by molar-refractivity contribution is 5.78. The van der Waals surface area contributed by atoms with E-state index in [4.69, 9.17) is 4.74 Å². The molecule has 0 aliphatic heterocycles. The van der Waals surface area contributed by atoms with Gasteiger partial charge in [-0.3, -0.25) is 9.59 Å². The van der Waals surface area contributed by atoms with E-state index in [9.17, 15) is 18.4 Å². The van der Waals surface area contributed by atoms with Crippen LogP contribution in [0.1, 0.15) is 32.1 Å². The molecule has 0 spiro atoms. The van der Waals surface area contributed by atoms with Crippen LogP contribution in [0.25, 0.3) is 0 Å². The summed E-state index contributed by atoms with van der Waals surface area (Å²) >= 11 is 0. The molecule has 0 atom stereocenters. The molecule has 1 aliphatic carbocycles. The van der Waals surface area contributed by atoms with Crippen LogP contribution in [-0.2, 0) is 9.59 Å². The number of amides is 2. The van der Waals surface area contributed by atoms with Gasteiger partial charge in [-0.25, -0.2) is 8.78 Å². The van der Waals surface area contributed by atoms with Crippen molar-refractivity contribution in [1.29, 1.82) is 0 Å². The summed E-state index contributed by atoms with van der Waals surface area (Å²) in [6, 6.07) is 2.87. The minimum absolute atomic E-state index is 0.000724. The highest BCUT2D eigenvalue weighted by atomic mass is 19.1. The Kier molecular flexibility index (Phi) is 6.96. The fraction of sp³-hybridized carbons (Fsp3) is 0.529. The van der Waals surface area contributed by atoms with E-state index in [2.05, 4.69) is 10.6 Å². The fourth-order valence-corrected chi connectivity index (χ4v) is 2.74. The van der Waals surface area contributed by atoms with E-state index in [0.29, 0.717) is 24.9 Å². The number of ether oxygens (including phenoxy) is 1. The second-order valence-electron chi connectivity index (χ2n) is 5.92. The maximum atomic E-state index is 13.3. The first-order chi connectivity index (χ1) is 11.5. The predicted octanol–water partition coefficient (Wildman–Crippen LogP) is 2.16. The summed E-state index contributed by atoms with van der Waals surface area (Å²) in [4.78, 5) is 23.3. The maximum absolute atomic E-state index is 13.3. The summed E-state index contributed by atoms with van der Waals surface area (Å²) in [6.07, 6.45) is 5.16. The molecule has 0 saturated heterocycles. The Labute approximate surface area is 139 Å². The lowest BCUT2D eigenvalue weighted by molar-refractivity contribution is -0.124. The molecule has 0 radical (unpaired) electrons. The van der Waals surface area contributed by atoms with Crippen molar-refractivity contribution in [3.8, 4) is 5.75 Å². The van der Waals surface area contributed by atoms with E-state index < -0.39 is 17.5 Å². The second kappa shape index (κ2) is 9.20. The van der Waals surface area contributed by atoms with Gasteiger partial charge in [0.05, 0.1) is 0 Å². The van der Waals surface area contributed by atoms with Crippen molar-refractivity contribution in [3.05, 3.63) is 29.8 Å². The van der Waals surface area contributed by atoms with Crippen LogP contribution in [0.2, 0.25) is 0 Å². The van der Waals surface area contributed by atoms with Gasteiger partial charge in [-0.1, -0.05) is 12.8 Å². The molecule has 2 amide bonds. The van der Waals surface area contributed by atoms with E-state index in [1.807, 2.05) is 0 Å². The van der Waals surface area contributed by atoms with Crippen molar-refractivity contribution in [2.45, 2.75) is 32.1 Å². The second-order valence-corrected chi connectivity index (χ2v) is 5.92. The number of carbonyl (C=O) groups excluding carboxylic acids is 2. The zero-order chi connectivity index (χ0) is 17.4. The first-order valence-electron chi connectivity index (χ1n) is 8.16. The van der Waals surface area contributed by atoms with Crippen molar-refractivity contribution < 1.29 is 23.1 Å². The number of hydrogen-bond acceptors (Lipinski definition) is 3. The minimum atomic E-state index is -0.859. The lowest BCUT2D eigenvalue weighted by atomic mass is 10.0. The zero-order valence-corrected chi connectivity index (χ0v) is 13.4.